The van der Waals surface area contributed by atoms with Crippen LogP contribution >= 0.6 is 0 Å². The molecule has 0 rings (SSSR count). The maximum Gasteiger partial charge on any atom is 0.306 e. The number of esters is 3. The van der Waals surface area contributed by atoms with Crippen LogP contribution in [0.1, 0.15) is 266 Å². The average molecular weight is 779 g/mol. The minimum Gasteiger partial charge on any atom is -0.462 e. The molecule has 55 heavy (non-hydrogen) atoms. The SMILES string of the molecule is CCCCCCCCCCCCCCCCC(=O)OC[C@@H](COC(=O)CCCCCCCCCCCCC(C)CC)OC(=O)CCCCCCCCC(C)C. The van der Waals surface area contributed by atoms with Crippen molar-refractivity contribution >= 4 is 17.9 Å². The highest BCUT2D eigenvalue weighted by Gasteiger charge is 2.19. The van der Waals surface area contributed by atoms with Gasteiger partial charge in [0.25, 0.3) is 0 Å². The van der Waals surface area contributed by atoms with E-state index in [2.05, 4.69) is 34.6 Å². The third-order valence-corrected chi connectivity index (χ3v) is 11.3. The lowest BCUT2D eigenvalue weighted by atomic mass is 9.99. The fraction of sp³-hybridized carbons (Fsp3) is 0.939. The summed E-state index contributed by atoms with van der Waals surface area (Å²) < 4.78 is 16.7. The quantitative estimate of drug-likeness (QED) is 0.0348. The Morgan fingerprint density at radius 2 is 0.691 bits per heavy atom. The highest BCUT2D eigenvalue weighted by atomic mass is 16.6. The molecule has 326 valence electrons. The maximum atomic E-state index is 12.7. The van der Waals surface area contributed by atoms with E-state index in [1.165, 1.54) is 154 Å². The monoisotopic (exact) mass is 779 g/mol. The first-order valence-electron chi connectivity index (χ1n) is 24.3. The zero-order valence-corrected chi connectivity index (χ0v) is 37.6. The van der Waals surface area contributed by atoms with Crippen molar-refractivity contribution in [3.63, 3.8) is 0 Å². The average Bonchev–Trinajstić information content (AvgIpc) is 3.17. The first-order valence-corrected chi connectivity index (χ1v) is 24.3. The van der Waals surface area contributed by atoms with Gasteiger partial charge in [-0.25, -0.2) is 0 Å². The summed E-state index contributed by atoms with van der Waals surface area (Å²) in [5.74, 6) is 0.770. The molecular weight excluding hydrogens is 685 g/mol. The molecule has 0 aromatic carbocycles. The number of carbonyl (C=O) groups is 3. The van der Waals surface area contributed by atoms with Crippen molar-refractivity contribution < 1.29 is 28.6 Å². The second kappa shape index (κ2) is 42.0. The molecule has 0 aliphatic heterocycles. The summed E-state index contributed by atoms with van der Waals surface area (Å²) in [4.78, 5) is 37.8. The lowest BCUT2D eigenvalue weighted by Crippen LogP contribution is -2.30. The van der Waals surface area contributed by atoms with Gasteiger partial charge < -0.3 is 14.2 Å². The summed E-state index contributed by atoms with van der Waals surface area (Å²) in [6, 6.07) is 0. The zero-order chi connectivity index (χ0) is 40.5. The van der Waals surface area contributed by atoms with Crippen molar-refractivity contribution in [3.8, 4) is 0 Å². The van der Waals surface area contributed by atoms with E-state index in [9.17, 15) is 14.4 Å². The Labute approximate surface area is 342 Å². The maximum absolute atomic E-state index is 12.7. The molecule has 6 nitrogen and oxygen atoms in total. The number of hydrogen-bond donors (Lipinski definition) is 0. The minimum absolute atomic E-state index is 0.0653. The molecule has 0 N–H and O–H groups in total. The molecular formula is C49H94O6. The minimum atomic E-state index is -0.761. The van der Waals surface area contributed by atoms with Gasteiger partial charge >= 0.3 is 17.9 Å². The summed E-state index contributed by atoms with van der Waals surface area (Å²) >= 11 is 0. The van der Waals surface area contributed by atoms with E-state index in [0.29, 0.717) is 19.3 Å². The molecule has 0 saturated heterocycles. The van der Waals surface area contributed by atoms with Gasteiger partial charge in [0, 0.05) is 19.3 Å². The molecule has 0 fully saturated rings. The van der Waals surface area contributed by atoms with Gasteiger partial charge in [-0.1, -0.05) is 227 Å². The van der Waals surface area contributed by atoms with Crippen LogP contribution in [0.2, 0.25) is 0 Å². The first-order chi connectivity index (χ1) is 26.8. The van der Waals surface area contributed by atoms with Crippen LogP contribution in [0.5, 0.6) is 0 Å². The summed E-state index contributed by atoms with van der Waals surface area (Å²) in [7, 11) is 0. The molecule has 6 heteroatoms. The normalized spacial score (nSPS) is 12.5. The van der Waals surface area contributed by atoms with Gasteiger partial charge in [-0.15, -0.1) is 0 Å². The van der Waals surface area contributed by atoms with Crippen LogP contribution in [-0.2, 0) is 28.6 Å². The molecule has 0 aliphatic rings. The molecule has 0 amide bonds. The Morgan fingerprint density at radius 1 is 0.382 bits per heavy atom. The number of hydrogen-bond acceptors (Lipinski definition) is 6. The number of carbonyl (C=O) groups excluding carboxylic acids is 3. The largest absolute Gasteiger partial charge is 0.462 e. The molecule has 0 radical (unpaired) electrons. The van der Waals surface area contributed by atoms with Gasteiger partial charge in [0.1, 0.15) is 13.2 Å². The Hall–Kier alpha value is -1.59. The fourth-order valence-electron chi connectivity index (χ4n) is 7.25. The number of unbranched alkanes of at least 4 members (excludes halogenated alkanes) is 27. The molecule has 0 bridgehead atoms. The highest BCUT2D eigenvalue weighted by Crippen LogP contribution is 2.17. The summed E-state index contributed by atoms with van der Waals surface area (Å²) in [6.45, 7) is 11.3. The van der Waals surface area contributed by atoms with Crippen LogP contribution in [0.4, 0.5) is 0 Å². The molecule has 0 aliphatic carbocycles. The molecule has 0 heterocycles. The summed E-state index contributed by atoms with van der Waals surface area (Å²) in [5.41, 5.74) is 0. The van der Waals surface area contributed by atoms with Gasteiger partial charge in [-0.05, 0) is 31.1 Å². The summed E-state index contributed by atoms with van der Waals surface area (Å²) in [6.07, 6.45) is 40.9. The Bertz CT molecular complexity index is 841. The third kappa shape index (κ3) is 41.9. The molecule has 0 aromatic heterocycles. The fourth-order valence-corrected chi connectivity index (χ4v) is 7.25. The van der Waals surface area contributed by atoms with Gasteiger partial charge in [-0.2, -0.15) is 0 Å². The van der Waals surface area contributed by atoms with E-state index in [0.717, 1.165) is 69.6 Å². The van der Waals surface area contributed by atoms with E-state index in [-0.39, 0.29) is 31.1 Å². The van der Waals surface area contributed by atoms with E-state index in [1.807, 2.05) is 0 Å². The number of rotatable bonds is 43. The van der Waals surface area contributed by atoms with Crippen LogP contribution in [0, 0.1) is 11.8 Å². The van der Waals surface area contributed by atoms with Crippen LogP contribution in [0.15, 0.2) is 0 Å². The lowest BCUT2D eigenvalue weighted by Gasteiger charge is -2.18. The second-order valence-electron chi connectivity index (χ2n) is 17.5. The predicted molar refractivity (Wildman–Crippen MR) is 233 cm³/mol. The van der Waals surface area contributed by atoms with Crippen LogP contribution in [0.25, 0.3) is 0 Å². The van der Waals surface area contributed by atoms with Crippen molar-refractivity contribution in [3.05, 3.63) is 0 Å². The van der Waals surface area contributed by atoms with Crippen molar-refractivity contribution in [1.29, 1.82) is 0 Å². The van der Waals surface area contributed by atoms with Crippen LogP contribution in [0.3, 0.4) is 0 Å². The van der Waals surface area contributed by atoms with Crippen LogP contribution < -0.4 is 0 Å². The molecule has 2 atom stereocenters. The molecule has 0 saturated carbocycles. The van der Waals surface area contributed by atoms with Gasteiger partial charge in [0.15, 0.2) is 6.10 Å². The standard InChI is InChI=1S/C49H94O6/c1-6-8-9-10-11-12-13-14-15-16-20-23-29-34-39-47(50)53-42-46(55-49(52)41-36-31-26-25-27-32-37-44(3)4)43-54-48(51)40-35-30-24-21-18-17-19-22-28-33-38-45(5)7-2/h44-46H,6-43H2,1-5H3/t45?,46-/m0/s1. The van der Waals surface area contributed by atoms with Gasteiger partial charge in [-0.3, -0.25) is 14.4 Å². The smallest absolute Gasteiger partial charge is 0.306 e. The Morgan fingerprint density at radius 3 is 1.04 bits per heavy atom. The Kier molecular flexibility index (Phi) is 40.8. The summed E-state index contributed by atoms with van der Waals surface area (Å²) in [5, 5.41) is 0. The van der Waals surface area contributed by atoms with E-state index in [4.69, 9.17) is 14.2 Å². The molecule has 1 unspecified atom stereocenters. The van der Waals surface area contributed by atoms with E-state index >= 15 is 0 Å². The molecule has 0 aromatic rings. The van der Waals surface area contributed by atoms with E-state index in [1.54, 1.807) is 0 Å². The topological polar surface area (TPSA) is 78.9 Å². The predicted octanol–water partition coefficient (Wildman–Crippen LogP) is 15.4. The van der Waals surface area contributed by atoms with Gasteiger partial charge in [0.05, 0.1) is 0 Å². The van der Waals surface area contributed by atoms with Crippen molar-refractivity contribution in [2.45, 2.75) is 272 Å². The lowest BCUT2D eigenvalue weighted by molar-refractivity contribution is -0.167. The van der Waals surface area contributed by atoms with E-state index < -0.39 is 6.10 Å². The number of ether oxygens (including phenoxy) is 3. The van der Waals surface area contributed by atoms with Crippen molar-refractivity contribution in [1.82, 2.24) is 0 Å². The first kappa shape index (κ1) is 53.4. The van der Waals surface area contributed by atoms with Crippen LogP contribution in [-0.4, -0.2) is 37.2 Å². The third-order valence-electron chi connectivity index (χ3n) is 11.3. The zero-order valence-electron chi connectivity index (χ0n) is 37.6. The second-order valence-corrected chi connectivity index (χ2v) is 17.5. The van der Waals surface area contributed by atoms with Crippen molar-refractivity contribution in [2.75, 3.05) is 13.2 Å². The molecule has 0 spiro atoms. The van der Waals surface area contributed by atoms with Gasteiger partial charge in [0.2, 0.25) is 0 Å². The van der Waals surface area contributed by atoms with Crippen molar-refractivity contribution in [2.24, 2.45) is 11.8 Å². The highest BCUT2D eigenvalue weighted by molar-refractivity contribution is 5.71. The Balaban J connectivity index is 4.29.